The molecule has 4 heteroatoms. The van der Waals surface area contributed by atoms with Crippen LogP contribution in [0.3, 0.4) is 0 Å². The first-order valence-corrected chi connectivity index (χ1v) is 5.17. The molecule has 1 aromatic carbocycles. The minimum Gasteiger partial charge on any atom is -0.273 e. The maximum atomic E-state index is 11.2. The summed E-state index contributed by atoms with van der Waals surface area (Å²) in [4.78, 5) is 11.2. The minimum atomic E-state index is -0.0206. The Balaban J connectivity index is 2.25. The number of benzene rings is 1. The van der Waals surface area contributed by atoms with Crippen molar-refractivity contribution in [2.75, 3.05) is 0 Å². The zero-order chi connectivity index (χ0) is 10.8. The predicted octanol–water partition coefficient (Wildman–Crippen LogP) is 2.20. The third-order valence-corrected chi connectivity index (χ3v) is 2.68. The molecule has 1 amide bonds. The highest BCUT2D eigenvalue weighted by Crippen LogP contribution is 2.16. The van der Waals surface area contributed by atoms with Crippen LogP contribution < -0.4 is 5.43 Å². The van der Waals surface area contributed by atoms with Gasteiger partial charge >= 0.3 is 0 Å². The van der Waals surface area contributed by atoms with Crippen LogP contribution in [0.25, 0.3) is 0 Å². The second-order valence-corrected chi connectivity index (χ2v) is 4.08. The van der Waals surface area contributed by atoms with Crippen molar-refractivity contribution in [3.63, 3.8) is 0 Å². The number of carbonyl (C=O) groups is 1. The van der Waals surface area contributed by atoms with Gasteiger partial charge in [0, 0.05) is 17.4 Å². The number of carbonyl (C=O) groups excluding carboxylic acids is 1. The molecule has 1 heterocycles. The Morgan fingerprint density at radius 2 is 2.07 bits per heavy atom. The van der Waals surface area contributed by atoms with Crippen molar-refractivity contribution in [3.8, 4) is 0 Å². The van der Waals surface area contributed by atoms with Crippen molar-refractivity contribution in [1.82, 2.24) is 5.43 Å². The van der Waals surface area contributed by atoms with E-state index in [-0.39, 0.29) is 11.8 Å². The SMILES string of the molecule is CC1CC(c2ccc(Cl)cc2)=NNC1=O. The molecule has 1 atom stereocenters. The highest BCUT2D eigenvalue weighted by molar-refractivity contribution is 6.30. The van der Waals surface area contributed by atoms with Crippen LogP contribution in [0.4, 0.5) is 0 Å². The Bertz CT molecular complexity index is 411. The van der Waals surface area contributed by atoms with Crippen molar-refractivity contribution in [2.24, 2.45) is 11.0 Å². The van der Waals surface area contributed by atoms with Gasteiger partial charge in [-0.25, -0.2) is 5.43 Å². The smallest absolute Gasteiger partial charge is 0.243 e. The van der Waals surface area contributed by atoms with Gasteiger partial charge in [0.25, 0.3) is 0 Å². The van der Waals surface area contributed by atoms with Gasteiger partial charge in [0.2, 0.25) is 5.91 Å². The Labute approximate surface area is 93.1 Å². The van der Waals surface area contributed by atoms with E-state index in [0.717, 1.165) is 11.3 Å². The van der Waals surface area contributed by atoms with E-state index in [1.807, 2.05) is 31.2 Å². The largest absolute Gasteiger partial charge is 0.273 e. The minimum absolute atomic E-state index is 0.0202. The molecule has 0 spiro atoms. The first-order chi connectivity index (χ1) is 7.16. The van der Waals surface area contributed by atoms with E-state index in [0.29, 0.717) is 11.4 Å². The molecule has 0 aromatic heterocycles. The fourth-order valence-electron chi connectivity index (χ4n) is 1.49. The molecule has 0 saturated carbocycles. The Morgan fingerprint density at radius 3 is 2.67 bits per heavy atom. The summed E-state index contributed by atoms with van der Waals surface area (Å²) in [7, 11) is 0. The monoisotopic (exact) mass is 222 g/mol. The first kappa shape index (κ1) is 10.2. The second-order valence-electron chi connectivity index (χ2n) is 3.65. The van der Waals surface area contributed by atoms with Crippen LogP contribution in [0.15, 0.2) is 29.4 Å². The van der Waals surface area contributed by atoms with E-state index in [2.05, 4.69) is 10.5 Å². The molecule has 1 aliphatic heterocycles. The summed E-state index contributed by atoms with van der Waals surface area (Å²) in [5.41, 5.74) is 4.42. The van der Waals surface area contributed by atoms with E-state index in [4.69, 9.17) is 11.6 Å². The Hall–Kier alpha value is -1.35. The van der Waals surface area contributed by atoms with Gasteiger partial charge < -0.3 is 0 Å². The molecule has 1 aromatic rings. The fraction of sp³-hybridized carbons (Fsp3) is 0.273. The molecule has 0 radical (unpaired) electrons. The van der Waals surface area contributed by atoms with E-state index in [1.165, 1.54) is 0 Å². The summed E-state index contributed by atoms with van der Waals surface area (Å²) < 4.78 is 0. The zero-order valence-corrected chi connectivity index (χ0v) is 9.08. The molecule has 0 aliphatic carbocycles. The normalized spacial score (nSPS) is 20.8. The topological polar surface area (TPSA) is 41.5 Å². The molecule has 0 bridgehead atoms. The summed E-state index contributed by atoms with van der Waals surface area (Å²) in [5, 5.41) is 4.74. The number of hydrazone groups is 1. The standard InChI is InChI=1S/C11H11ClN2O/c1-7-6-10(13-14-11(7)15)8-2-4-9(12)5-3-8/h2-5,7H,6H2,1H3,(H,14,15). The number of nitrogens with zero attached hydrogens (tertiary/aromatic N) is 1. The molecule has 1 unspecified atom stereocenters. The van der Waals surface area contributed by atoms with Gasteiger partial charge in [0.1, 0.15) is 0 Å². The quantitative estimate of drug-likeness (QED) is 0.778. The maximum absolute atomic E-state index is 11.2. The Morgan fingerprint density at radius 1 is 1.40 bits per heavy atom. The van der Waals surface area contributed by atoms with Gasteiger partial charge in [-0.1, -0.05) is 30.7 Å². The lowest BCUT2D eigenvalue weighted by molar-refractivity contribution is -0.124. The van der Waals surface area contributed by atoms with Crippen LogP contribution in [-0.2, 0) is 4.79 Å². The molecule has 3 nitrogen and oxygen atoms in total. The average Bonchev–Trinajstić information content (AvgIpc) is 2.23. The van der Waals surface area contributed by atoms with E-state index >= 15 is 0 Å². The van der Waals surface area contributed by atoms with Gasteiger partial charge in [0.15, 0.2) is 0 Å². The summed E-state index contributed by atoms with van der Waals surface area (Å²) in [6.07, 6.45) is 0.674. The van der Waals surface area contributed by atoms with Crippen LogP contribution in [0, 0.1) is 5.92 Å². The molecular formula is C11H11ClN2O. The lowest BCUT2D eigenvalue weighted by Crippen LogP contribution is -2.33. The van der Waals surface area contributed by atoms with Gasteiger partial charge in [0.05, 0.1) is 5.71 Å². The summed E-state index contributed by atoms with van der Waals surface area (Å²) in [6, 6.07) is 7.46. The highest BCUT2D eigenvalue weighted by Gasteiger charge is 2.20. The predicted molar refractivity (Wildman–Crippen MR) is 59.9 cm³/mol. The molecule has 2 rings (SSSR count). The molecular weight excluding hydrogens is 212 g/mol. The van der Waals surface area contributed by atoms with Crippen LogP contribution in [-0.4, -0.2) is 11.6 Å². The van der Waals surface area contributed by atoms with Gasteiger partial charge in [-0.2, -0.15) is 5.10 Å². The van der Waals surface area contributed by atoms with Crippen molar-refractivity contribution in [2.45, 2.75) is 13.3 Å². The average molecular weight is 223 g/mol. The third kappa shape index (κ3) is 2.18. The van der Waals surface area contributed by atoms with Crippen molar-refractivity contribution >= 4 is 23.2 Å². The van der Waals surface area contributed by atoms with E-state index in [1.54, 1.807) is 0 Å². The van der Waals surface area contributed by atoms with Gasteiger partial charge in [-0.3, -0.25) is 4.79 Å². The van der Waals surface area contributed by atoms with Crippen molar-refractivity contribution in [3.05, 3.63) is 34.9 Å². The molecule has 0 saturated heterocycles. The van der Waals surface area contributed by atoms with E-state index < -0.39 is 0 Å². The first-order valence-electron chi connectivity index (χ1n) is 4.79. The number of amides is 1. The number of hydrogen-bond donors (Lipinski definition) is 1. The number of nitrogens with one attached hydrogen (secondary N) is 1. The van der Waals surface area contributed by atoms with Crippen molar-refractivity contribution in [1.29, 1.82) is 0 Å². The number of hydrogen-bond acceptors (Lipinski definition) is 2. The zero-order valence-electron chi connectivity index (χ0n) is 8.33. The molecule has 1 N–H and O–H groups in total. The molecule has 78 valence electrons. The molecule has 0 fully saturated rings. The molecule has 15 heavy (non-hydrogen) atoms. The van der Waals surface area contributed by atoms with Crippen LogP contribution in [0.2, 0.25) is 5.02 Å². The van der Waals surface area contributed by atoms with E-state index in [9.17, 15) is 4.79 Å². The fourth-order valence-corrected chi connectivity index (χ4v) is 1.61. The summed E-state index contributed by atoms with van der Waals surface area (Å²) >= 11 is 5.79. The summed E-state index contributed by atoms with van der Waals surface area (Å²) in [5.74, 6) is -0.0408. The van der Waals surface area contributed by atoms with Gasteiger partial charge in [-0.05, 0) is 17.7 Å². The maximum Gasteiger partial charge on any atom is 0.243 e. The summed E-state index contributed by atoms with van der Waals surface area (Å²) in [6.45, 7) is 1.89. The lowest BCUT2D eigenvalue weighted by Gasteiger charge is -2.17. The number of rotatable bonds is 1. The van der Waals surface area contributed by atoms with Crippen LogP contribution in [0.1, 0.15) is 18.9 Å². The van der Waals surface area contributed by atoms with Crippen LogP contribution in [0.5, 0.6) is 0 Å². The lowest BCUT2D eigenvalue weighted by atomic mass is 9.97. The highest BCUT2D eigenvalue weighted by atomic mass is 35.5. The van der Waals surface area contributed by atoms with Crippen LogP contribution >= 0.6 is 11.6 Å². The van der Waals surface area contributed by atoms with Crippen molar-refractivity contribution < 1.29 is 4.79 Å². The molecule has 1 aliphatic rings. The Kier molecular flexibility index (Phi) is 2.73. The number of halogens is 1. The van der Waals surface area contributed by atoms with Gasteiger partial charge in [-0.15, -0.1) is 0 Å². The third-order valence-electron chi connectivity index (χ3n) is 2.43. The second kappa shape index (κ2) is 4.03.